The lowest BCUT2D eigenvalue weighted by Gasteiger charge is -2.42. The van der Waals surface area contributed by atoms with Crippen molar-refractivity contribution in [3.05, 3.63) is 95.3 Å². The third-order valence-electron chi connectivity index (χ3n) is 7.21. The number of anilines is 1. The van der Waals surface area contributed by atoms with Crippen LogP contribution in [-0.4, -0.2) is 51.8 Å². The van der Waals surface area contributed by atoms with Crippen molar-refractivity contribution in [3.8, 4) is 0 Å². The van der Waals surface area contributed by atoms with Crippen molar-refractivity contribution in [2.24, 2.45) is 0 Å². The third kappa shape index (κ3) is 3.51. The summed E-state index contributed by atoms with van der Waals surface area (Å²) in [6.07, 6.45) is 4.02. The van der Waals surface area contributed by atoms with E-state index in [1.54, 1.807) is 12.3 Å². The molecule has 0 radical (unpaired) electrons. The maximum Gasteiger partial charge on any atom is 0.264 e. The van der Waals surface area contributed by atoms with Gasteiger partial charge in [0.05, 0.1) is 29.1 Å². The minimum Gasteiger partial charge on any atom is -0.368 e. The van der Waals surface area contributed by atoms with Crippen LogP contribution in [0.25, 0.3) is 0 Å². The van der Waals surface area contributed by atoms with Crippen molar-refractivity contribution >= 4 is 17.5 Å². The van der Waals surface area contributed by atoms with Gasteiger partial charge in [0.15, 0.2) is 0 Å². The van der Waals surface area contributed by atoms with Gasteiger partial charge in [0.1, 0.15) is 0 Å². The van der Waals surface area contributed by atoms with Gasteiger partial charge in [-0.05, 0) is 42.7 Å². The fourth-order valence-corrected chi connectivity index (χ4v) is 5.62. The van der Waals surface area contributed by atoms with E-state index in [0.29, 0.717) is 28.9 Å². The number of amides is 2. The zero-order valence-electron chi connectivity index (χ0n) is 18.4. The lowest BCUT2D eigenvalue weighted by atomic mass is 10.0. The van der Waals surface area contributed by atoms with Gasteiger partial charge in [-0.2, -0.15) is 0 Å². The van der Waals surface area contributed by atoms with Crippen LogP contribution < -0.4 is 4.90 Å². The molecule has 166 valence electrons. The van der Waals surface area contributed by atoms with Gasteiger partial charge in [-0.15, -0.1) is 0 Å². The lowest BCUT2D eigenvalue weighted by Crippen LogP contribution is -2.53. The summed E-state index contributed by atoms with van der Waals surface area (Å²) in [6, 6.07) is 22.8. The fourth-order valence-electron chi connectivity index (χ4n) is 5.62. The van der Waals surface area contributed by atoms with Crippen LogP contribution >= 0.6 is 0 Å². The number of piperazine rings is 1. The first-order valence-electron chi connectivity index (χ1n) is 11.6. The van der Waals surface area contributed by atoms with Crippen molar-refractivity contribution in [2.45, 2.75) is 38.0 Å². The summed E-state index contributed by atoms with van der Waals surface area (Å²) >= 11 is 0. The number of nitrogens with zero attached hydrogens (tertiary/aromatic N) is 4. The molecule has 0 saturated carbocycles. The van der Waals surface area contributed by atoms with E-state index in [1.807, 2.05) is 30.3 Å². The van der Waals surface area contributed by atoms with Crippen LogP contribution in [0.3, 0.4) is 0 Å². The number of carbonyl (C=O) groups is 2. The summed E-state index contributed by atoms with van der Waals surface area (Å²) < 4.78 is 0. The molecule has 2 amide bonds. The molecule has 2 bridgehead atoms. The largest absolute Gasteiger partial charge is 0.368 e. The number of hydrogen-bond donors (Lipinski definition) is 0. The average Bonchev–Trinajstić information content (AvgIpc) is 3.22. The number of imide groups is 1. The average molecular weight is 439 g/mol. The first-order valence-corrected chi connectivity index (χ1v) is 11.6. The maximum absolute atomic E-state index is 13.4. The van der Waals surface area contributed by atoms with E-state index in [4.69, 9.17) is 0 Å². The number of pyridine rings is 1. The highest BCUT2D eigenvalue weighted by atomic mass is 16.2. The first kappa shape index (κ1) is 20.1. The molecule has 4 heterocycles. The quantitative estimate of drug-likeness (QED) is 0.568. The van der Waals surface area contributed by atoms with Crippen LogP contribution in [0, 0.1) is 0 Å². The Balaban J connectivity index is 1.25. The SMILES string of the molecule is O=C1c2cccc(N3CC4CCC(C3)N4Cc3ccccc3)c2C(=O)N1Cc1ccccn1. The molecule has 2 aromatic carbocycles. The second-order valence-corrected chi connectivity index (χ2v) is 9.17. The molecule has 3 aromatic rings. The van der Waals surface area contributed by atoms with Gasteiger partial charge in [0.2, 0.25) is 0 Å². The van der Waals surface area contributed by atoms with E-state index < -0.39 is 0 Å². The molecule has 6 heteroatoms. The number of rotatable bonds is 5. The Kier molecular flexibility index (Phi) is 4.95. The fraction of sp³-hybridized carbons (Fsp3) is 0.296. The smallest absolute Gasteiger partial charge is 0.264 e. The Morgan fingerprint density at radius 2 is 1.55 bits per heavy atom. The summed E-state index contributed by atoms with van der Waals surface area (Å²) in [4.78, 5) is 37.1. The monoisotopic (exact) mass is 438 g/mol. The van der Waals surface area contributed by atoms with Crippen LogP contribution in [0.15, 0.2) is 72.9 Å². The second-order valence-electron chi connectivity index (χ2n) is 9.17. The van der Waals surface area contributed by atoms with Gasteiger partial charge in [-0.1, -0.05) is 42.5 Å². The zero-order valence-corrected chi connectivity index (χ0v) is 18.4. The van der Waals surface area contributed by atoms with Crippen LogP contribution in [-0.2, 0) is 13.1 Å². The maximum atomic E-state index is 13.4. The molecule has 0 spiro atoms. The molecule has 2 fully saturated rings. The number of carbonyl (C=O) groups excluding carboxylic acids is 2. The summed E-state index contributed by atoms with van der Waals surface area (Å²) in [5, 5.41) is 0. The summed E-state index contributed by atoms with van der Waals surface area (Å²) in [6.45, 7) is 2.91. The highest BCUT2D eigenvalue weighted by Crippen LogP contribution is 2.38. The van der Waals surface area contributed by atoms with Crippen LogP contribution in [0.1, 0.15) is 44.8 Å². The molecule has 33 heavy (non-hydrogen) atoms. The highest BCUT2D eigenvalue weighted by molar-refractivity contribution is 6.23. The van der Waals surface area contributed by atoms with Gasteiger partial charge >= 0.3 is 0 Å². The van der Waals surface area contributed by atoms with Crippen LogP contribution in [0.2, 0.25) is 0 Å². The van der Waals surface area contributed by atoms with Crippen molar-refractivity contribution in [2.75, 3.05) is 18.0 Å². The van der Waals surface area contributed by atoms with E-state index in [1.165, 1.54) is 23.3 Å². The molecule has 2 saturated heterocycles. The Bertz CT molecular complexity index is 1180. The molecule has 0 aliphatic carbocycles. The predicted molar refractivity (Wildman–Crippen MR) is 126 cm³/mol. The minimum absolute atomic E-state index is 0.197. The van der Waals surface area contributed by atoms with E-state index in [-0.39, 0.29) is 18.4 Å². The molecule has 3 aliphatic rings. The Labute approximate surface area is 193 Å². The molecule has 6 nitrogen and oxygen atoms in total. The van der Waals surface area contributed by atoms with Crippen molar-refractivity contribution in [1.82, 2.24) is 14.8 Å². The van der Waals surface area contributed by atoms with E-state index in [0.717, 1.165) is 25.3 Å². The van der Waals surface area contributed by atoms with Gasteiger partial charge in [0, 0.05) is 37.9 Å². The summed E-state index contributed by atoms with van der Waals surface area (Å²) in [7, 11) is 0. The van der Waals surface area contributed by atoms with Crippen LogP contribution in [0.5, 0.6) is 0 Å². The molecule has 3 aliphatic heterocycles. The molecule has 1 aromatic heterocycles. The van der Waals surface area contributed by atoms with E-state index in [9.17, 15) is 9.59 Å². The van der Waals surface area contributed by atoms with Gasteiger partial charge in [-0.3, -0.25) is 24.4 Å². The molecule has 0 N–H and O–H groups in total. The van der Waals surface area contributed by atoms with Gasteiger partial charge in [-0.25, -0.2) is 0 Å². The lowest BCUT2D eigenvalue weighted by molar-refractivity contribution is 0.0640. The molecular formula is C27H26N4O2. The Morgan fingerprint density at radius 1 is 0.788 bits per heavy atom. The predicted octanol–water partition coefficient (Wildman–Crippen LogP) is 3.73. The normalized spacial score (nSPS) is 22.2. The minimum atomic E-state index is -0.229. The highest BCUT2D eigenvalue weighted by Gasteiger charge is 2.43. The van der Waals surface area contributed by atoms with Gasteiger partial charge < -0.3 is 4.90 Å². The van der Waals surface area contributed by atoms with Crippen LogP contribution in [0.4, 0.5) is 5.69 Å². The van der Waals surface area contributed by atoms with Crippen molar-refractivity contribution in [3.63, 3.8) is 0 Å². The molecular weight excluding hydrogens is 412 g/mol. The molecule has 6 rings (SSSR count). The Morgan fingerprint density at radius 3 is 2.27 bits per heavy atom. The van der Waals surface area contributed by atoms with Crippen molar-refractivity contribution < 1.29 is 9.59 Å². The number of fused-ring (bicyclic) bond motifs is 3. The molecule has 2 atom stereocenters. The number of aromatic nitrogens is 1. The Hall–Kier alpha value is -3.51. The topological polar surface area (TPSA) is 56.8 Å². The molecule has 2 unspecified atom stereocenters. The summed E-state index contributed by atoms with van der Waals surface area (Å²) in [5.41, 5.74) is 4.00. The number of hydrogen-bond acceptors (Lipinski definition) is 5. The first-order chi connectivity index (χ1) is 16.2. The third-order valence-corrected chi connectivity index (χ3v) is 7.21. The summed E-state index contributed by atoms with van der Waals surface area (Å²) in [5.74, 6) is -0.441. The van der Waals surface area contributed by atoms with E-state index in [2.05, 4.69) is 45.1 Å². The van der Waals surface area contributed by atoms with E-state index >= 15 is 0 Å². The zero-order chi connectivity index (χ0) is 22.4. The van der Waals surface area contributed by atoms with Gasteiger partial charge in [0.25, 0.3) is 11.8 Å². The second kappa shape index (κ2) is 8.12. The number of benzene rings is 2. The van der Waals surface area contributed by atoms with Crippen molar-refractivity contribution in [1.29, 1.82) is 0 Å². The standard InChI is InChI=1S/C27H26N4O2/c32-26-23-10-6-11-24(25(23)27(33)31(26)16-20-9-4-5-14-28-20)29-17-21-12-13-22(18-29)30(21)15-19-7-2-1-3-8-19/h1-11,14,21-22H,12-13,15-18H2.